The maximum absolute atomic E-state index is 13.1. The van der Waals surface area contributed by atoms with Gasteiger partial charge in [0, 0.05) is 18.5 Å². The molecule has 2 amide bonds. The van der Waals surface area contributed by atoms with E-state index in [0.717, 1.165) is 0 Å². The normalized spacial score (nSPS) is 12.5. The number of amides is 2. The molecule has 0 bridgehead atoms. The Kier molecular flexibility index (Phi) is 9.74. The Morgan fingerprint density at radius 2 is 1.70 bits per heavy atom. The summed E-state index contributed by atoms with van der Waals surface area (Å²) in [7, 11) is 0. The van der Waals surface area contributed by atoms with Crippen molar-refractivity contribution in [3.63, 3.8) is 0 Å². The van der Waals surface area contributed by atoms with E-state index in [4.69, 9.17) is 38.4 Å². The van der Waals surface area contributed by atoms with Crippen LogP contribution in [0.5, 0.6) is 0 Å². The number of rotatable bonds is 6. The summed E-state index contributed by atoms with van der Waals surface area (Å²) in [6, 6.07) is 6.65. The van der Waals surface area contributed by atoms with Crippen molar-refractivity contribution >= 4 is 57.9 Å². The third-order valence-corrected chi connectivity index (χ3v) is 5.67. The molecule has 12 nitrogen and oxygen atoms in total. The lowest BCUT2D eigenvalue weighted by atomic mass is 10.2. The summed E-state index contributed by atoms with van der Waals surface area (Å²) in [6.45, 7) is 15.4. The molecule has 0 aliphatic carbocycles. The summed E-state index contributed by atoms with van der Waals surface area (Å²) in [6.07, 6.45) is 2.50. The average Bonchev–Trinajstić information content (AvgIpc) is 3.25. The van der Waals surface area contributed by atoms with Crippen molar-refractivity contribution in [1.82, 2.24) is 19.7 Å². The highest BCUT2D eigenvalue weighted by Gasteiger charge is 2.33. The standard InChI is InChI=1S/C29H32Cl2N8O4/c1-16(39(26(40)42-28(3,4)5)27(41)43-29(6,7)8)11-23(35-17(2)33)36-25-19-15-38(37-22(19)9-10-34-25)24-20(30)12-18(14-32)13-21(24)31/h9-13,15H,1H2,2-8H3,(H2,33,35)(H,34,36)/b23-11+. The number of nitrogens with two attached hydrogens (primary N) is 1. The molecule has 0 spiro atoms. The summed E-state index contributed by atoms with van der Waals surface area (Å²) in [4.78, 5) is 35.5. The Morgan fingerprint density at radius 3 is 2.19 bits per heavy atom. The van der Waals surface area contributed by atoms with E-state index in [1.54, 1.807) is 60.7 Å². The van der Waals surface area contributed by atoms with Crippen LogP contribution < -0.4 is 11.1 Å². The van der Waals surface area contributed by atoms with Gasteiger partial charge in [-0.1, -0.05) is 29.8 Å². The molecule has 0 unspecified atom stereocenters. The molecular weight excluding hydrogens is 595 g/mol. The number of carbonyl (C=O) groups excluding carboxylic acids is 2. The fourth-order valence-corrected chi connectivity index (χ4v) is 4.22. The lowest BCUT2D eigenvalue weighted by Gasteiger charge is -2.28. The number of allylic oxidation sites excluding steroid dienone is 1. The van der Waals surface area contributed by atoms with Crippen molar-refractivity contribution in [2.24, 2.45) is 10.7 Å². The second kappa shape index (κ2) is 12.7. The third kappa shape index (κ3) is 8.70. The van der Waals surface area contributed by atoms with Crippen LogP contribution in [0.2, 0.25) is 10.0 Å². The summed E-state index contributed by atoms with van der Waals surface area (Å²) < 4.78 is 12.3. The number of ether oxygens (including phenoxy) is 2. The van der Waals surface area contributed by atoms with Crippen LogP contribution >= 0.6 is 23.2 Å². The van der Waals surface area contributed by atoms with Crippen LogP contribution in [0.25, 0.3) is 16.6 Å². The maximum atomic E-state index is 13.1. The molecule has 0 aliphatic heterocycles. The minimum absolute atomic E-state index is 0.0873. The summed E-state index contributed by atoms with van der Waals surface area (Å²) in [5.41, 5.74) is 5.15. The van der Waals surface area contributed by atoms with Gasteiger partial charge in [0.15, 0.2) is 0 Å². The minimum atomic E-state index is -0.992. The third-order valence-electron chi connectivity index (χ3n) is 5.10. The molecule has 0 aliphatic rings. The van der Waals surface area contributed by atoms with Gasteiger partial charge in [0.05, 0.1) is 44.1 Å². The van der Waals surface area contributed by atoms with Crippen LogP contribution in [0.15, 0.2) is 59.8 Å². The number of nitriles is 1. The fraction of sp³-hybridized carbons (Fsp3) is 0.310. The van der Waals surface area contributed by atoms with E-state index in [9.17, 15) is 14.9 Å². The molecule has 0 atom stereocenters. The molecule has 3 aromatic rings. The number of hydrogen-bond acceptors (Lipinski definition) is 9. The van der Waals surface area contributed by atoms with Crippen molar-refractivity contribution < 1.29 is 19.1 Å². The molecule has 1 aromatic carbocycles. The number of carbonyl (C=O) groups is 2. The zero-order chi connectivity index (χ0) is 32.3. The van der Waals surface area contributed by atoms with Gasteiger partial charge in [-0.05, 0) is 66.7 Å². The molecule has 226 valence electrons. The van der Waals surface area contributed by atoms with E-state index < -0.39 is 23.4 Å². The molecule has 0 radical (unpaired) electrons. The van der Waals surface area contributed by atoms with Crippen LogP contribution in [-0.2, 0) is 9.47 Å². The van der Waals surface area contributed by atoms with E-state index in [1.807, 2.05) is 6.07 Å². The number of aliphatic imine (C=N–C) groups is 1. The first-order valence-corrected chi connectivity index (χ1v) is 13.6. The van der Waals surface area contributed by atoms with Crippen LogP contribution in [0.1, 0.15) is 54.0 Å². The topological polar surface area (TPSA) is 161 Å². The first kappa shape index (κ1) is 32.9. The first-order chi connectivity index (χ1) is 19.9. The number of anilines is 1. The van der Waals surface area contributed by atoms with Crippen molar-refractivity contribution in [3.05, 3.63) is 70.4 Å². The molecule has 3 rings (SSSR count). The number of benzene rings is 1. The zero-order valence-corrected chi connectivity index (χ0v) is 26.3. The van der Waals surface area contributed by atoms with E-state index in [1.165, 1.54) is 29.1 Å². The fourth-order valence-electron chi connectivity index (χ4n) is 3.56. The van der Waals surface area contributed by atoms with E-state index >= 15 is 0 Å². The van der Waals surface area contributed by atoms with Crippen molar-refractivity contribution in [3.8, 4) is 11.8 Å². The maximum Gasteiger partial charge on any atom is 0.424 e. The predicted octanol–water partition coefficient (Wildman–Crippen LogP) is 6.92. The number of imide groups is 1. The second-order valence-corrected chi connectivity index (χ2v) is 12.1. The van der Waals surface area contributed by atoms with Crippen molar-refractivity contribution in [2.45, 2.75) is 59.7 Å². The van der Waals surface area contributed by atoms with Crippen molar-refractivity contribution in [2.75, 3.05) is 5.32 Å². The molecule has 14 heteroatoms. The van der Waals surface area contributed by atoms with Gasteiger partial charge in [0.2, 0.25) is 0 Å². The Bertz CT molecular complexity index is 1640. The van der Waals surface area contributed by atoms with Gasteiger partial charge in [0.1, 0.15) is 28.5 Å². The number of nitrogens with one attached hydrogen (secondary N) is 1. The Labute approximate surface area is 259 Å². The van der Waals surface area contributed by atoms with Crippen LogP contribution in [0, 0.1) is 11.3 Å². The van der Waals surface area contributed by atoms with Crippen LogP contribution in [0.3, 0.4) is 0 Å². The Morgan fingerprint density at radius 1 is 1.14 bits per heavy atom. The summed E-state index contributed by atoms with van der Waals surface area (Å²) >= 11 is 12.8. The SMILES string of the molecule is C=C(/C=C(\N=C(\C)N)Nc1nccc2nn(-c3c(Cl)cc(C#N)cc3Cl)cc12)N(C(=O)OC(C)(C)C)C(=O)OC(C)(C)C. The zero-order valence-electron chi connectivity index (χ0n) is 24.8. The number of fused-ring (bicyclic) bond motifs is 1. The largest absolute Gasteiger partial charge is 0.443 e. The lowest BCUT2D eigenvalue weighted by molar-refractivity contribution is 0.00910. The number of pyridine rings is 1. The molecule has 2 heterocycles. The van der Waals surface area contributed by atoms with E-state index in [2.05, 4.69) is 27.0 Å². The molecule has 0 saturated carbocycles. The summed E-state index contributed by atoms with van der Waals surface area (Å²) in [5, 5.41) is 17.8. The van der Waals surface area contributed by atoms with Gasteiger partial charge in [0.25, 0.3) is 0 Å². The minimum Gasteiger partial charge on any atom is -0.443 e. The molecular formula is C29H32Cl2N8O4. The molecule has 43 heavy (non-hydrogen) atoms. The van der Waals surface area contributed by atoms with Crippen molar-refractivity contribution in [1.29, 1.82) is 5.26 Å². The van der Waals surface area contributed by atoms with E-state index in [0.29, 0.717) is 32.9 Å². The van der Waals surface area contributed by atoms with Gasteiger partial charge < -0.3 is 20.5 Å². The molecule has 0 saturated heterocycles. The number of aromatic nitrogens is 3. The van der Waals surface area contributed by atoms with Gasteiger partial charge in [-0.3, -0.25) is 0 Å². The van der Waals surface area contributed by atoms with Gasteiger partial charge in [-0.25, -0.2) is 24.2 Å². The van der Waals surface area contributed by atoms with Gasteiger partial charge >= 0.3 is 12.2 Å². The number of halogens is 2. The lowest BCUT2D eigenvalue weighted by Crippen LogP contribution is -2.42. The van der Waals surface area contributed by atoms with E-state index in [-0.39, 0.29) is 27.4 Å². The predicted molar refractivity (Wildman–Crippen MR) is 166 cm³/mol. The highest BCUT2D eigenvalue weighted by molar-refractivity contribution is 6.38. The number of nitrogens with zero attached hydrogens (tertiary/aromatic N) is 6. The smallest absolute Gasteiger partial charge is 0.424 e. The monoisotopic (exact) mass is 626 g/mol. The first-order valence-electron chi connectivity index (χ1n) is 12.9. The quantitative estimate of drug-likeness (QED) is 0.168. The summed E-state index contributed by atoms with van der Waals surface area (Å²) in [5.74, 6) is 0.547. The van der Waals surface area contributed by atoms with Gasteiger partial charge in [-0.15, -0.1) is 0 Å². The van der Waals surface area contributed by atoms with Crippen LogP contribution in [-0.4, -0.2) is 48.9 Å². The van der Waals surface area contributed by atoms with Crippen LogP contribution in [0.4, 0.5) is 15.4 Å². The molecule has 2 aromatic heterocycles. The Balaban J connectivity index is 2.07. The number of hydrogen-bond donors (Lipinski definition) is 2. The average molecular weight is 628 g/mol. The van der Waals surface area contributed by atoms with Gasteiger partial charge in [-0.2, -0.15) is 15.3 Å². The highest BCUT2D eigenvalue weighted by Crippen LogP contribution is 2.32. The Hall–Kier alpha value is -4.60. The highest BCUT2D eigenvalue weighted by atomic mass is 35.5. The second-order valence-electron chi connectivity index (χ2n) is 11.3. The number of amidine groups is 1. The molecule has 3 N–H and O–H groups in total. The molecule has 0 fully saturated rings.